The molecule has 8 heteroatoms. The number of nitrogens with zero attached hydrogens (tertiary/aromatic N) is 3. The molecule has 0 aliphatic carbocycles. The molecule has 0 spiro atoms. The van der Waals surface area contributed by atoms with Gasteiger partial charge in [-0.2, -0.15) is 0 Å². The Hall–Kier alpha value is -1.83. The van der Waals surface area contributed by atoms with Gasteiger partial charge in [0.15, 0.2) is 5.96 Å². The average Bonchev–Trinajstić information content (AvgIpc) is 2.88. The van der Waals surface area contributed by atoms with Crippen LogP contribution in [0.1, 0.15) is 26.2 Å². The minimum Gasteiger partial charge on any atom is -0.357 e. The summed E-state index contributed by atoms with van der Waals surface area (Å²) < 4.78 is 0. The topological polar surface area (TPSA) is 89.1 Å². The first-order valence-corrected chi connectivity index (χ1v) is 8.53. The number of nitrogens with one attached hydrogen (secondary N) is 3. The largest absolute Gasteiger partial charge is 0.357 e. The van der Waals surface area contributed by atoms with Crippen molar-refractivity contribution >= 4 is 17.9 Å². The molecule has 0 atom stereocenters. The van der Waals surface area contributed by atoms with Crippen molar-refractivity contribution in [1.82, 2.24) is 25.8 Å². The van der Waals surface area contributed by atoms with E-state index in [9.17, 15) is 9.59 Å². The fraction of sp³-hybridized carbons (Fsp3) is 0.800. The zero-order valence-corrected chi connectivity index (χ0v) is 13.9. The van der Waals surface area contributed by atoms with E-state index in [1.807, 2.05) is 6.92 Å². The van der Waals surface area contributed by atoms with Crippen molar-refractivity contribution in [2.45, 2.75) is 26.2 Å². The van der Waals surface area contributed by atoms with E-state index < -0.39 is 0 Å². The molecular formula is C15H28N6O2. The molecule has 0 aromatic heterocycles. The summed E-state index contributed by atoms with van der Waals surface area (Å²) in [6.45, 7) is 7.80. The van der Waals surface area contributed by atoms with Gasteiger partial charge in [-0.15, -0.1) is 0 Å². The van der Waals surface area contributed by atoms with Gasteiger partial charge in [-0.3, -0.25) is 14.7 Å². The van der Waals surface area contributed by atoms with Gasteiger partial charge in [0.05, 0.1) is 13.1 Å². The number of hydrogen-bond acceptors (Lipinski definition) is 4. The van der Waals surface area contributed by atoms with E-state index in [1.54, 1.807) is 0 Å². The lowest BCUT2D eigenvalue weighted by molar-refractivity contribution is -0.124. The molecular weight excluding hydrogens is 296 g/mol. The number of hydrogen-bond donors (Lipinski definition) is 3. The highest BCUT2D eigenvalue weighted by Gasteiger charge is 2.27. The number of piperidine rings is 1. The van der Waals surface area contributed by atoms with Crippen LogP contribution in [0, 0.1) is 0 Å². The maximum Gasteiger partial charge on any atom is 0.324 e. The Morgan fingerprint density at radius 3 is 2.61 bits per heavy atom. The summed E-state index contributed by atoms with van der Waals surface area (Å²) in [7, 11) is 0. The third-order valence-electron chi connectivity index (χ3n) is 4.04. The molecule has 2 heterocycles. The number of imide groups is 1. The van der Waals surface area contributed by atoms with Crippen LogP contribution in [-0.2, 0) is 4.79 Å². The van der Waals surface area contributed by atoms with Crippen LogP contribution >= 0.6 is 0 Å². The smallest absolute Gasteiger partial charge is 0.324 e. The van der Waals surface area contributed by atoms with E-state index >= 15 is 0 Å². The van der Waals surface area contributed by atoms with Gasteiger partial charge in [0.1, 0.15) is 0 Å². The second kappa shape index (κ2) is 9.34. The lowest BCUT2D eigenvalue weighted by Gasteiger charge is -2.25. The molecule has 0 aromatic rings. The van der Waals surface area contributed by atoms with Crippen LogP contribution < -0.4 is 16.0 Å². The predicted molar refractivity (Wildman–Crippen MR) is 89.4 cm³/mol. The van der Waals surface area contributed by atoms with Crippen molar-refractivity contribution < 1.29 is 9.59 Å². The Morgan fingerprint density at radius 1 is 1.17 bits per heavy atom. The van der Waals surface area contributed by atoms with Crippen molar-refractivity contribution in [2.75, 3.05) is 52.4 Å². The fourth-order valence-electron chi connectivity index (χ4n) is 2.80. The van der Waals surface area contributed by atoms with E-state index in [1.165, 1.54) is 37.3 Å². The fourth-order valence-corrected chi connectivity index (χ4v) is 2.80. The molecule has 2 aliphatic heterocycles. The summed E-state index contributed by atoms with van der Waals surface area (Å²) in [5, 5.41) is 8.87. The standard InChI is InChI=1S/C15H28N6O2/c1-2-16-14(17-6-10-20-8-4-3-5-9-20)18-7-11-21-13(22)12-19-15(21)23/h2-12H2,1H3,(H,19,23)(H2,16,17,18). The summed E-state index contributed by atoms with van der Waals surface area (Å²) in [4.78, 5) is 31.2. The molecule has 3 amide bonds. The van der Waals surface area contributed by atoms with Gasteiger partial charge in [0.25, 0.3) is 0 Å². The second-order valence-electron chi connectivity index (χ2n) is 5.79. The van der Waals surface area contributed by atoms with Crippen LogP contribution in [-0.4, -0.2) is 80.1 Å². The van der Waals surface area contributed by atoms with Gasteiger partial charge >= 0.3 is 6.03 Å². The maximum absolute atomic E-state index is 11.5. The lowest BCUT2D eigenvalue weighted by Crippen LogP contribution is -2.43. The number of carbonyl (C=O) groups excluding carboxylic acids is 2. The summed E-state index contributed by atoms with van der Waals surface area (Å²) in [6.07, 6.45) is 3.91. The average molecular weight is 324 g/mol. The summed E-state index contributed by atoms with van der Waals surface area (Å²) >= 11 is 0. The van der Waals surface area contributed by atoms with Crippen LogP contribution in [0.2, 0.25) is 0 Å². The Morgan fingerprint density at radius 2 is 1.96 bits per heavy atom. The SMILES string of the molecule is CCNC(=NCCN1CCCCC1)NCCN1C(=O)CNC1=O. The van der Waals surface area contributed by atoms with E-state index in [4.69, 9.17) is 0 Å². The van der Waals surface area contributed by atoms with Gasteiger partial charge in [-0.25, -0.2) is 4.79 Å². The zero-order valence-electron chi connectivity index (χ0n) is 13.9. The second-order valence-corrected chi connectivity index (χ2v) is 5.79. The molecule has 23 heavy (non-hydrogen) atoms. The lowest BCUT2D eigenvalue weighted by atomic mass is 10.1. The van der Waals surface area contributed by atoms with E-state index in [-0.39, 0.29) is 18.5 Å². The zero-order chi connectivity index (χ0) is 16.5. The number of aliphatic imine (C=N–C) groups is 1. The summed E-state index contributed by atoms with van der Waals surface area (Å²) in [5.41, 5.74) is 0. The molecule has 3 N–H and O–H groups in total. The number of carbonyl (C=O) groups is 2. The van der Waals surface area contributed by atoms with Gasteiger partial charge in [-0.1, -0.05) is 6.42 Å². The minimum absolute atomic E-state index is 0.100. The van der Waals surface area contributed by atoms with Gasteiger partial charge in [-0.05, 0) is 32.9 Å². The first-order chi connectivity index (χ1) is 11.2. The van der Waals surface area contributed by atoms with Crippen molar-refractivity contribution in [2.24, 2.45) is 4.99 Å². The molecule has 0 bridgehead atoms. The molecule has 2 rings (SSSR count). The van der Waals surface area contributed by atoms with E-state index in [2.05, 4.69) is 25.8 Å². The van der Waals surface area contributed by atoms with Crippen LogP contribution in [0.4, 0.5) is 4.79 Å². The molecule has 8 nitrogen and oxygen atoms in total. The molecule has 0 unspecified atom stereocenters. The normalized spacial score (nSPS) is 19.9. The predicted octanol–water partition coefficient (Wildman–Crippen LogP) is -0.421. The van der Waals surface area contributed by atoms with E-state index in [0.717, 1.165) is 25.6 Å². The summed E-state index contributed by atoms with van der Waals surface area (Å²) in [6, 6.07) is -0.316. The van der Waals surface area contributed by atoms with Crippen LogP contribution in [0.25, 0.3) is 0 Å². The Balaban J connectivity index is 1.70. The van der Waals surface area contributed by atoms with Crippen LogP contribution in [0.3, 0.4) is 0 Å². The van der Waals surface area contributed by atoms with Crippen LogP contribution in [0.5, 0.6) is 0 Å². The Kier molecular flexibility index (Phi) is 7.12. The third-order valence-corrected chi connectivity index (χ3v) is 4.04. The molecule has 2 fully saturated rings. The number of likely N-dealkylation sites (tertiary alicyclic amines) is 1. The highest BCUT2D eigenvalue weighted by molar-refractivity contribution is 6.01. The van der Waals surface area contributed by atoms with Gasteiger partial charge < -0.3 is 20.9 Å². The van der Waals surface area contributed by atoms with Gasteiger partial charge in [0, 0.05) is 26.2 Å². The first kappa shape index (κ1) is 17.5. The number of rotatable bonds is 7. The third kappa shape index (κ3) is 5.70. The maximum atomic E-state index is 11.5. The number of urea groups is 1. The first-order valence-electron chi connectivity index (χ1n) is 8.53. The monoisotopic (exact) mass is 324 g/mol. The molecule has 130 valence electrons. The number of guanidine groups is 1. The van der Waals surface area contributed by atoms with Crippen LogP contribution in [0.15, 0.2) is 4.99 Å². The van der Waals surface area contributed by atoms with Crippen molar-refractivity contribution in [1.29, 1.82) is 0 Å². The van der Waals surface area contributed by atoms with Crippen molar-refractivity contribution in [3.8, 4) is 0 Å². The molecule has 0 saturated carbocycles. The molecule has 0 radical (unpaired) electrons. The highest BCUT2D eigenvalue weighted by Crippen LogP contribution is 2.07. The summed E-state index contributed by atoms with van der Waals surface area (Å²) in [5.74, 6) is 0.556. The Bertz CT molecular complexity index is 418. The number of amides is 3. The molecule has 2 aliphatic rings. The highest BCUT2D eigenvalue weighted by atomic mass is 16.2. The van der Waals surface area contributed by atoms with Crippen molar-refractivity contribution in [3.63, 3.8) is 0 Å². The Labute approximate surface area is 137 Å². The quantitative estimate of drug-likeness (QED) is 0.336. The molecule has 0 aromatic carbocycles. The van der Waals surface area contributed by atoms with Gasteiger partial charge in [0.2, 0.25) is 5.91 Å². The van der Waals surface area contributed by atoms with E-state index in [0.29, 0.717) is 13.1 Å². The minimum atomic E-state index is -0.316. The molecule has 2 saturated heterocycles. The van der Waals surface area contributed by atoms with Crippen molar-refractivity contribution in [3.05, 3.63) is 0 Å².